The van der Waals surface area contributed by atoms with E-state index >= 15 is 0 Å². The lowest BCUT2D eigenvalue weighted by atomic mass is 10.1. The third-order valence-electron chi connectivity index (χ3n) is 2.78. The Hall–Kier alpha value is -2.50. The minimum absolute atomic E-state index is 0.264. The largest absolute Gasteiger partial charge is 0.397 e. The van der Waals surface area contributed by atoms with Gasteiger partial charge in [0, 0.05) is 12.1 Å². The predicted molar refractivity (Wildman–Crippen MR) is 69.9 cm³/mol. The van der Waals surface area contributed by atoms with Crippen molar-refractivity contribution in [1.82, 2.24) is 0 Å². The molecule has 1 amide bonds. The molecule has 0 aliphatic rings. The number of amides is 1. The number of para-hydroxylation sites is 1. The highest BCUT2D eigenvalue weighted by molar-refractivity contribution is 6.06. The van der Waals surface area contributed by atoms with Gasteiger partial charge in [-0.1, -0.05) is 12.1 Å². The minimum atomic E-state index is -1.27. The van der Waals surface area contributed by atoms with Gasteiger partial charge in [-0.15, -0.1) is 0 Å². The van der Waals surface area contributed by atoms with E-state index in [-0.39, 0.29) is 11.4 Å². The molecule has 0 aromatic heterocycles. The fraction of sp³-hybridized carbons (Fsp3) is 0.0714. The molecular formula is C14H11F3N2O. The Kier molecular flexibility index (Phi) is 3.65. The molecule has 3 N–H and O–H groups in total. The summed E-state index contributed by atoms with van der Waals surface area (Å²) in [6, 6.07) is 5.79. The van der Waals surface area contributed by atoms with Gasteiger partial charge in [-0.25, -0.2) is 13.2 Å². The summed E-state index contributed by atoms with van der Waals surface area (Å²) < 4.78 is 39.8. The Morgan fingerprint density at radius 1 is 1.15 bits per heavy atom. The average Bonchev–Trinajstić information content (AvgIpc) is 2.32. The standard InChI is InChI=1S/C14H11F3N2O/c1-7-3-2-4-11(18)13(7)19-14(20)12-9(16)5-8(15)6-10(12)17/h2-6H,18H2,1H3,(H,19,20). The van der Waals surface area contributed by atoms with E-state index in [1.54, 1.807) is 25.1 Å². The average molecular weight is 280 g/mol. The zero-order chi connectivity index (χ0) is 14.9. The Morgan fingerprint density at radius 3 is 2.30 bits per heavy atom. The topological polar surface area (TPSA) is 55.1 Å². The molecule has 0 heterocycles. The van der Waals surface area contributed by atoms with Gasteiger partial charge >= 0.3 is 0 Å². The lowest BCUT2D eigenvalue weighted by molar-refractivity contribution is 0.101. The SMILES string of the molecule is Cc1cccc(N)c1NC(=O)c1c(F)cc(F)cc1F. The number of halogens is 3. The maximum Gasteiger partial charge on any atom is 0.261 e. The van der Waals surface area contributed by atoms with Crippen LogP contribution in [-0.4, -0.2) is 5.91 Å². The van der Waals surface area contributed by atoms with Crippen LogP contribution in [0.15, 0.2) is 30.3 Å². The van der Waals surface area contributed by atoms with Crippen molar-refractivity contribution < 1.29 is 18.0 Å². The fourth-order valence-electron chi connectivity index (χ4n) is 1.80. The zero-order valence-corrected chi connectivity index (χ0v) is 10.5. The molecule has 0 aliphatic carbocycles. The summed E-state index contributed by atoms with van der Waals surface area (Å²) in [6.45, 7) is 1.68. The van der Waals surface area contributed by atoms with Crippen LogP contribution >= 0.6 is 0 Å². The van der Waals surface area contributed by atoms with E-state index in [1.165, 1.54) is 0 Å². The summed E-state index contributed by atoms with van der Waals surface area (Å²) in [5.41, 5.74) is 6.00. The lowest BCUT2D eigenvalue weighted by Crippen LogP contribution is -2.17. The first kappa shape index (κ1) is 13.9. The van der Waals surface area contributed by atoms with E-state index in [0.29, 0.717) is 17.7 Å². The first-order valence-electron chi connectivity index (χ1n) is 5.71. The van der Waals surface area contributed by atoms with Gasteiger partial charge in [0.15, 0.2) is 0 Å². The van der Waals surface area contributed by atoms with Crippen molar-refractivity contribution in [3.8, 4) is 0 Å². The number of hydrogen-bond donors (Lipinski definition) is 2. The number of aryl methyl sites for hydroxylation is 1. The molecular weight excluding hydrogens is 269 g/mol. The summed E-state index contributed by atoms with van der Waals surface area (Å²) in [5, 5.41) is 2.33. The molecule has 0 bridgehead atoms. The van der Waals surface area contributed by atoms with Gasteiger partial charge in [-0.2, -0.15) is 0 Å². The van der Waals surface area contributed by atoms with Crippen molar-refractivity contribution in [3.05, 3.63) is 58.9 Å². The number of nitrogens with two attached hydrogens (primary N) is 1. The van der Waals surface area contributed by atoms with Crippen LogP contribution in [-0.2, 0) is 0 Å². The summed E-state index contributed by atoms with van der Waals surface area (Å²) >= 11 is 0. The molecule has 0 radical (unpaired) electrons. The highest BCUT2D eigenvalue weighted by Crippen LogP contribution is 2.24. The third-order valence-corrected chi connectivity index (χ3v) is 2.78. The second-order valence-electron chi connectivity index (χ2n) is 4.24. The highest BCUT2D eigenvalue weighted by atomic mass is 19.1. The summed E-state index contributed by atoms with van der Waals surface area (Å²) in [7, 11) is 0. The number of benzene rings is 2. The van der Waals surface area contributed by atoms with Crippen molar-refractivity contribution in [2.75, 3.05) is 11.1 Å². The van der Waals surface area contributed by atoms with Crippen LogP contribution in [0.25, 0.3) is 0 Å². The van der Waals surface area contributed by atoms with Gasteiger partial charge < -0.3 is 11.1 Å². The molecule has 2 aromatic carbocycles. The van der Waals surface area contributed by atoms with Gasteiger partial charge in [0.1, 0.15) is 23.0 Å². The summed E-state index contributed by atoms with van der Waals surface area (Å²) in [6.07, 6.45) is 0. The Bertz CT molecular complexity index is 643. The monoisotopic (exact) mass is 280 g/mol. The maximum atomic E-state index is 13.5. The molecule has 0 spiro atoms. The Labute approximate surface area is 113 Å². The Morgan fingerprint density at radius 2 is 1.75 bits per heavy atom. The first-order chi connectivity index (χ1) is 9.40. The molecule has 2 aromatic rings. The first-order valence-corrected chi connectivity index (χ1v) is 5.71. The minimum Gasteiger partial charge on any atom is -0.397 e. The molecule has 0 atom stereocenters. The van der Waals surface area contributed by atoms with Crippen LogP contribution in [0, 0.1) is 24.4 Å². The van der Waals surface area contributed by atoms with E-state index in [4.69, 9.17) is 5.73 Å². The Balaban J connectivity index is 2.39. The lowest BCUT2D eigenvalue weighted by Gasteiger charge is -2.12. The summed E-state index contributed by atoms with van der Waals surface area (Å²) in [5.74, 6) is -4.66. The number of carbonyl (C=O) groups is 1. The predicted octanol–water partition coefficient (Wildman–Crippen LogP) is 3.25. The number of carbonyl (C=O) groups excluding carboxylic acids is 1. The van der Waals surface area contributed by atoms with Gasteiger partial charge in [0.2, 0.25) is 0 Å². The van der Waals surface area contributed by atoms with Gasteiger partial charge in [0.25, 0.3) is 5.91 Å². The maximum absolute atomic E-state index is 13.5. The third kappa shape index (κ3) is 2.59. The molecule has 0 unspecified atom stereocenters. The van der Waals surface area contributed by atoms with Crippen LogP contribution in [0.5, 0.6) is 0 Å². The second-order valence-corrected chi connectivity index (χ2v) is 4.24. The molecule has 0 saturated carbocycles. The molecule has 2 rings (SSSR count). The molecule has 0 saturated heterocycles. The van der Waals surface area contributed by atoms with E-state index < -0.39 is 28.9 Å². The number of nitrogens with one attached hydrogen (secondary N) is 1. The van der Waals surface area contributed by atoms with E-state index in [0.717, 1.165) is 0 Å². The molecule has 3 nitrogen and oxygen atoms in total. The number of hydrogen-bond acceptors (Lipinski definition) is 2. The van der Waals surface area contributed by atoms with Crippen LogP contribution in [0.1, 0.15) is 15.9 Å². The van der Waals surface area contributed by atoms with Gasteiger partial charge in [0.05, 0.1) is 11.4 Å². The van der Waals surface area contributed by atoms with Crippen molar-refractivity contribution >= 4 is 17.3 Å². The van der Waals surface area contributed by atoms with Crippen molar-refractivity contribution in [1.29, 1.82) is 0 Å². The molecule has 6 heteroatoms. The van der Waals surface area contributed by atoms with Crippen molar-refractivity contribution in [2.45, 2.75) is 6.92 Å². The van der Waals surface area contributed by atoms with Crippen LogP contribution in [0.2, 0.25) is 0 Å². The van der Waals surface area contributed by atoms with Gasteiger partial charge in [-0.05, 0) is 18.6 Å². The van der Waals surface area contributed by atoms with Crippen molar-refractivity contribution in [3.63, 3.8) is 0 Å². The normalized spacial score (nSPS) is 10.4. The number of rotatable bonds is 2. The fourth-order valence-corrected chi connectivity index (χ4v) is 1.80. The van der Waals surface area contributed by atoms with Crippen LogP contribution in [0.3, 0.4) is 0 Å². The van der Waals surface area contributed by atoms with E-state index in [1.807, 2.05) is 0 Å². The highest BCUT2D eigenvalue weighted by Gasteiger charge is 2.20. The smallest absolute Gasteiger partial charge is 0.261 e. The van der Waals surface area contributed by atoms with Crippen LogP contribution < -0.4 is 11.1 Å². The van der Waals surface area contributed by atoms with E-state index in [9.17, 15) is 18.0 Å². The second kappa shape index (κ2) is 5.24. The van der Waals surface area contributed by atoms with Crippen molar-refractivity contribution in [2.24, 2.45) is 0 Å². The van der Waals surface area contributed by atoms with E-state index in [2.05, 4.69) is 5.32 Å². The quantitative estimate of drug-likeness (QED) is 0.830. The molecule has 20 heavy (non-hydrogen) atoms. The summed E-state index contributed by atoms with van der Waals surface area (Å²) in [4.78, 5) is 11.9. The zero-order valence-electron chi connectivity index (χ0n) is 10.5. The van der Waals surface area contributed by atoms with Crippen LogP contribution in [0.4, 0.5) is 24.5 Å². The molecule has 0 aliphatic heterocycles. The molecule has 0 fully saturated rings. The number of anilines is 2. The molecule has 104 valence electrons. The number of nitrogen functional groups attached to an aromatic ring is 1. The van der Waals surface area contributed by atoms with Gasteiger partial charge in [-0.3, -0.25) is 4.79 Å².